The SMILES string of the molecule is C[S@](=O)c1ccc(-c2ccccc2NC(=O)c2c[nH]c3ccccc3c2=O)cc1. The van der Waals surface area contributed by atoms with Gasteiger partial charge in [-0.2, -0.15) is 0 Å². The van der Waals surface area contributed by atoms with Crippen LogP contribution in [0.3, 0.4) is 0 Å². The zero-order valence-corrected chi connectivity index (χ0v) is 16.5. The molecule has 0 unspecified atom stereocenters. The number of nitrogens with one attached hydrogen (secondary N) is 2. The highest BCUT2D eigenvalue weighted by Crippen LogP contribution is 2.28. The molecule has 0 aliphatic heterocycles. The van der Waals surface area contributed by atoms with Crippen LogP contribution in [0.25, 0.3) is 22.0 Å². The molecule has 4 rings (SSSR count). The number of rotatable bonds is 4. The third kappa shape index (κ3) is 3.75. The lowest BCUT2D eigenvalue weighted by atomic mass is 10.0. The van der Waals surface area contributed by atoms with Crippen molar-refractivity contribution in [2.45, 2.75) is 4.90 Å². The summed E-state index contributed by atoms with van der Waals surface area (Å²) in [7, 11) is -1.06. The van der Waals surface area contributed by atoms with Gasteiger partial charge in [0.2, 0.25) is 5.43 Å². The van der Waals surface area contributed by atoms with Gasteiger partial charge in [0.15, 0.2) is 0 Å². The van der Waals surface area contributed by atoms with Crippen LogP contribution in [-0.2, 0) is 10.8 Å². The number of benzene rings is 3. The molecule has 0 bridgehead atoms. The highest BCUT2D eigenvalue weighted by Gasteiger charge is 2.15. The maximum Gasteiger partial charge on any atom is 0.261 e. The Morgan fingerprint density at radius 1 is 0.931 bits per heavy atom. The van der Waals surface area contributed by atoms with Crippen LogP contribution < -0.4 is 10.7 Å². The summed E-state index contributed by atoms with van der Waals surface area (Å²) >= 11 is 0. The molecule has 0 aliphatic rings. The highest BCUT2D eigenvalue weighted by atomic mass is 32.2. The summed E-state index contributed by atoms with van der Waals surface area (Å²) in [6.07, 6.45) is 3.07. The summed E-state index contributed by atoms with van der Waals surface area (Å²) in [5.41, 5.74) is 2.70. The molecule has 0 saturated heterocycles. The number of hydrogen-bond donors (Lipinski definition) is 2. The maximum absolute atomic E-state index is 12.8. The van der Waals surface area contributed by atoms with E-state index in [1.807, 2.05) is 36.4 Å². The summed E-state index contributed by atoms with van der Waals surface area (Å²) in [5.74, 6) is -0.476. The molecule has 2 N–H and O–H groups in total. The third-order valence-electron chi connectivity index (χ3n) is 4.71. The lowest BCUT2D eigenvalue weighted by Gasteiger charge is -2.12. The second-order valence-electron chi connectivity index (χ2n) is 6.56. The van der Waals surface area contributed by atoms with Gasteiger partial charge in [-0.25, -0.2) is 0 Å². The van der Waals surface area contributed by atoms with E-state index in [0.29, 0.717) is 16.6 Å². The number of aromatic nitrogens is 1. The van der Waals surface area contributed by atoms with Crippen molar-refractivity contribution in [3.63, 3.8) is 0 Å². The predicted molar refractivity (Wildman–Crippen MR) is 117 cm³/mol. The minimum Gasteiger partial charge on any atom is -0.360 e. The quantitative estimate of drug-likeness (QED) is 0.537. The average molecular weight is 402 g/mol. The molecular formula is C23H18N2O3S. The topological polar surface area (TPSA) is 79.0 Å². The van der Waals surface area contributed by atoms with Crippen molar-refractivity contribution in [3.05, 3.63) is 94.8 Å². The number of para-hydroxylation sites is 2. The number of aromatic amines is 1. The van der Waals surface area contributed by atoms with Crippen LogP contribution in [0.2, 0.25) is 0 Å². The van der Waals surface area contributed by atoms with Crippen LogP contribution >= 0.6 is 0 Å². The molecule has 0 saturated carbocycles. The van der Waals surface area contributed by atoms with Gasteiger partial charge < -0.3 is 10.3 Å². The number of amides is 1. The number of hydrogen-bond acceptors (Lipinski definition) is 3. The largest absolute Gasteiger partial charge is 0.360 e. The average Bonchev–Trinajstić information content (AvgIpc) is 2.74. The number of fused-ring (bicyclic) bond motifs is 1. The fourth-order valence-electron chi connectivity index (χ4n) is 3.20. The van der Waals surface area contributed by atoms with E-state index in [4.69, 9.17) is 0 Å². The number of pyridine rings is 1. The molecule has 29 heavy (non-hydrogen) atoms. The van der Waals surface area contributed by atoms with E-state index in [0.717, 1.165) is 16.0 Å². The van der Waals surface area contributed by atoms with Gasteiger partial charge in [-0.3, -0.25) is 13.8 Å². The first kappa shape index (κ1) is 18.8. The molecule has 5 nitrogen and oxygen atoms in total. The first-order valence-electron chi connectivity index (χ1n) is 8.99. The molecule has 6 heteroatoms. The Bertz CT molecular complexity index is 1290. The minimum atomic E-state index is -1.06. The van der Waals surface area contributed by atoms with E-state index in [1.54, 1.807) is 42.7 Å². The van der Waals surface area contributed by atoms with Gasteiger partial charge in [0.05, 0.1) is 0 Å². The maximum atomic E-state index is 12.8. The molecule has 1 heterocycles. The van der Waals surface area contributed by atoms with Crippen molar-refractivity contribution in [3.8, 4) is 11.1 Å². The molecule has 144 valence electrons. The summed E-state index contributed by atoms with van der Waals surface area (Å²) in [4.78, 5) is 29.3. The van der Waals surface area contributed by atoms with Crippen molar-refractivity contribution in [2.75, 3.05) is 11.6 Å². The molecule has 1 amide bonds. The molecule has 3 aromatic carbocycles. The van der Waals surface area contributed by atoms with Crippen molar-refractivity contribution >= 4 is 33.3 Å². The van der Waals surface area contributed by atoms with Crippen LogP contribution in [0.15, 0.2) is 88.7 Å². The summed E-state index contributed by atoms with van der Waals surface area (Å²) in [5, 5.41) is 3.32. The van der Waals surface area contributed by atoms with E-state index in [2.05, 4.69) is 10.3 Å². The van der Waals surface area contributed by atoms with E-state index in [-0.39, 0.29) is 11.0 Å². The van der Waals surface area contributed by atoms with E-state index >= 15 is 0 Å². The predicted octanol–water partition coefficient (Wildman–Crippen LogP) is 4.18. The van der Waals surface area contributed by atoms with E-state index < -0.39 is 16.7 Å². The van der Waals surface area contributed by atoms with Gasteiger partial charge in [0.25, 0.3) is 5.91 Å². The third-order valence-corrected chi connectivity index (χ3v) is 5.64. The lowest BCUT2D eigenvalue weighted by molar-refractivity contribution is 0.102. The van der Waals surface area contributed by atoms with Gasteiger partial charge in [-0.15, -0.1) is 0 Å². The number of anilines is 1. The monoisotopic (exact) mass is 402 g/mol. The van der Waals surface area contributed by atoms with Gasteiger partial charge in [0.1, 0.15) is 5.56 Å². The molecule has 1 aromatic heterocycles. The Hall–Kier alpha value is -3.51. The Labute approximate surface area is 169 Å². The van der Waals surface area contributed by atoms with Crippen LogP contribution in [-0.4, -0.2) is 21.4 Å². The van der Waals surface area contributed by atoms with Crippen LogP contribution in [0.1, 0.15) is 10.4 Å². The molecular weight excluding hydrogens is 384 g/mol. The Morgan fingerprint density at radius 3 is 2.38 bits per heavy atom. The second kappa shape index (κ2) is 7.85. The number of H-pyrrole nitrogens is 1. The van der Waals surface area contributed by atoms with E-state index in [1.165, 1.54) is 6.20 Å². The van der Waals surface area contributed by atoms with Crippen molar-refractivity contribution < 1.29 is 9.00 Å². The van der Waals surface area contributed by atoms with Crippen molar-refractivity contribution in [1.29, 1.82) is 0 Å². The molecule has 0 fully saturated rings. The fraction of sp³-hybridized carbons (Fsp3) is 0.0435. The Kier molecular flexibility index (Phi) is 5.10. The van der Waals surface area contributed by atoms with Crippen LogP contribution in [0.4, 0.5) is 5.69 Å². The summed E-state index contributed by atoms with van der Waals surface area (Å²) < 4.78 is 11.6. The number of carbonyl (C=O) groups is 1. The standard InChI is InChI=1S/C23H18N2O3S/c1-29(28)16-12-10-15(11-13-16)17-6-2-5-9-21(17)25-23(27)19-14-24-20-8-4-3-7-18(20)22(19)26/h2-14H,1H3,(H,24,26)(H,25,27)/t29-/m0/s1. The van der Waals surface area contributed by atoms with Gasteiger partial charge >= 0.3 is 0 Å². The summed E-state index contributed by atoms with van der Waals surface area (Å²) in [6.45, 7) is 0. The Balaban J connectivity index is 1.69. The first-order chi connectivity index (χ1) is 14.0. The van der Waals surface area contributed by atoms with Gasteiger partial charge in [-0.05, 0) is 35.9 Å². The Morgan fingerprint density at radius 2 is 1.62 bits per heavy atom. The molecule has 4 aromatic rings. The molecule has 0 radical (unpaired) electrons. The summed E-state index contributed by atoms with van der Waals surface area (Å²) in [6, 6.07) is 21.8. The van der Waals surface area contributed by atoms with Crippen molar-refractivity contribution in [2.24, 2.45) is 0 Å². The number of carbonyl (C=O) groups excluding carboxylic acids is 1. The van der Waals surface area contributed by atoms with Crippen LogP contribution in [0, 0.1) is 0 Å². The smallest absolute Gasteiger partial charge is 0.261 e. The zero-order valence-electron chi connectivity index (χ0n) is 15.6. The van der Waals surface area contributed by atoms with Gasteiger partial charge in [-0.1, -0.05) is 42.5 Å². The molecule has 0 spiro atoms. The van der Waals surface area contributed by atoms with Crippen molar-refractivity contribution in [1.82, 2.24) is 4.98 Å². The second-order valence-corrected chi connectivity index (χ2v) is 7.93. The lowest BCUT2D eigenvalue weighted by Crippen LogP contribution is -2.22. The van der Waals surface area contributed by atoms with E-state index in [9.17, 15) is 13.8 Å². The first-order valence-corrected chi connectivity index (χ1v) is 10.5. The fourth-order valence-corrected chi connectivity index (χ4v) is 3.72. The highest BCUT2D eigenvalue weighted by molar-refractivity contribution is 7.84. The minimum absolute atomic E-state index is 0.0511. The van der Waals surface area contributed by atoms with Gasteiger partial charge in [0, 0.05) is 50.3 Å². The normalized spacial score (nSPS) is 11.9. The zero-order chi connectivity index (χ0) is 20.4. The van der Waals surface area contributed by atoms with Crippen LogP contribution in [0.5, 0.6) is 0 Å². The molecule has 1 atom stereocenters. The molecule has 0 aliphatic carbocycles.